The van der Waals surface area contributed by atoms with Gasteiger partial charge in [0, 0.05) is 52.7 Å². The number of aliphatic hydroxyl groups excluding tert-OH is 1. The highest BCUT2D eigenvalue weighted by Gasteiger charge is 2.29. The van der Waals surface area contributed by atoms with Gasteiger partial charge in [-0.25, -0.2) is 4.79 Å². The molecule has 7 heteroatoms. The summed E-state index contributed by atoms with van der Waals surface area (Å²) < 4.78 is 5.31. The zero-order chi connectivity index (χ0) is 20.1. The van der Waals surface area contributed by atoms with Crippen molar-refractivity contribution in [1.82, 2.24) is 14.7 Å². The van der Waals surface area contributed by atoms with E-state index >= 15 is 0 Å². The van der Waals surface area contributed by atoms with Crippen LogP contribution in [0.4, 0.5) is 4.79 Å². The van der Waals surface area contributed by atoms with Gasteiger partial charge in [0.1, 0.15) is 12.7 Å². The van der Waals surface area contributed by atoms with Gasteiger partial charge in [0.15, 0.2) is 0 Å². The van der Waals surface area contributed by atoms with Crippen LogP contribution in [0.3, 0.4) is 0 Å². The number of hydrogen-bond acceptors (Lipinski definition) is 5. The molecule has 1 atom stereocenters. The van der Waals surface area contributed by atoms with Gasteiger partial charge in [0.2, 0.25) is 5.91 Å². The Kier molecular flexibility index (Phi) is 6.91. The molecule has 28 heavy (non-hydrogen) atoms. The molecule has 0 radical (unpaired) electrons. The molecule has 0 unspecified atom stereocenters. The second kappa shape index (κ2) is 9.39. The van der Waals surface area contributed by atoms with Crippen molar-refractivity contribution in [3.63, 3.8) is 0 Å². The first-order chi connectivity index (χ1) is 13.4. The summed E-state index contributed by atoms with van der Waals surface area (Å²) in [6.07, 6.45) is 1.17. The number of benzene rings is 1. The van der Waals surface area contributed by atoms with Crippen molar-refractivity contribution in [2.24, 2.45) is 5.92 Å². The number of ether oxygens (including phenoxy) is 1. The number of nitrogens with zero attached hydrogens (tertiary/aromatic N) is 3. The lowest BCUT2D eigenvalue weighted by Gasteiger charge is -2.32. The molecule has 2 aliphatic heterocycles. The van der Waals surface area contributed by atoms with Crippen LogP contribution < -0.4 is 0 Å². The van der Waals surface area contributed by atoms with Crippen LogP contribution in [-0.4, -0.2) is 84.8 Å². The first-order valence-corrected chi connectivity index (χ1v) is 10.0. The molecule has 1 aromatic carbocycles. The van der Waals surface area contributed by atoms with Gasteiger partial charge in [-0.15, -0.1) is 0 Å². The number of piperidine rings is 1. The molecule has 0 saturated carbocycles. The van der Waals surface area contributed by atoms with Crippen LogP contribution in [0, 0.1) is 5.92 Å². The first kappa shape index (κ1) is 20.6. The smallest absolute Gasteiger partial charge is 0.409 e. The topological polar surface area (TPSA) is 73.3 Å². The number of β-amino-alcohol motifs (C(OH)–C–C–N with tert-alkyl or cyclic N) is 1. The van der Waals surface area contributed by atoms with E-state index in [2.05, 4.69) is 23.1 Å². The number of hydrogen-bond donors (Lipinski definition) is 1. The predicted molar refractivity (Wildman–Crippen MR) is 106 cm³/mol. The number of fused-ring (bicyclic) bond motifs is 1. The number of likely N-dealkylation sites (tertiary alicyclic amines) is 1. The second-order valence-electron chi connectivity index (χ2n) is 7.98. The third kappa shape index (κ3) is 5.23. The molecule has 0 spiro atoms. The lowest BCUT2D eigenvalue weighted by molar-refractivity contribution is -0.134. The van der Waals surface area contributed by atoms with E-state index in [1.807, 2.05) is 6.07 Å². The van der Waals surface area contributed by atoms with Crippen LogP contribution in [0.25, 0.3) is 0 Å². The van der Waals surface area contributed by atoms with E-state index in [0.717, 1.165) is 19.5 Å². The number of carbonyl (C=O) groups is 2. The fourth-order valence-electron chi connectivity index (χ4n) is 3.99. The minimum absolute atomic E-state index is 0.00641. The maximum absolute atomic E-state index is 12.3. The minimum atomic E-state index is -0.706. The van der Waals surface area contributed by atoms with E-state index in [1.165, 1.54) is 11.1 Å². The average molecular weight is 389 g/mol. The molecule has 3 rings (SSSR count). The van der Waals surface area contributed by atoms with E-state index in [0.29, 0.717) is 32.5 Å². The SMILES string of the molecule is CN(C)C(=O)C1CCN(C(=O)OC[C@H](O)CN2CCc3ccccc3C2)CC1. The molecule has 1 aromatic rings. The Labute approximate surface area is 166 Å². The van der Waals surface area contributed by atoms with Gasteiger partial charge in [-0.1, -0.05) is 24.3 Å². The molecule has 1 fully saturated rings. The van der Waals surface area contributed by atoms with Crippen molar-refractivity contribution in [2.45, 2.75) is 31.9 Å². The van der Waals surface area contributed by atoms with Crippen LogP contribution in [0.5, 0.6) is 0 Å². The van der Waals surface area contributed by atoms with Crippen molar-refractivity contribution in [1.29, 1.82) is 0 Å². The number of aliphatic hydroxyl groups is 1. The van der Waals surface area contributed by atoms with Crippen LogP contribution in [-0.2, 0) is 22.5 Å². The molecular formula is C21H31N3O4. The molecule has 2 amide bonds. The van der Waals surface area contributed by atoms with E-state index in [1.54, 1.807) is 23.9 Å². The van der Waals surface area contributed by atoms with Gasteiger partial charge in [0.25, 0.3) is 0 Å². The molecule has 1 N–H and O–H groups in total. The summed E-state index contributed by atoms with van der Waals surface area (Å²) in [5.41, 5.74) is 2.67. The average Bonchev–Trinajstić information content (AvgIpc) is 2.71. The van der Waals surface area contributed by atoms with E-state index in [9.17, 15) is 14.7 Å². The Bertz CT molecular complexity index is 686. The Morgan fingerprint density at radius 3 is 2.54 bits per heavy atom. The Hall–Kier alpha value is -2.12. The van der Waals surface area contributed by atoms with Gasteiger partial charge in [-0.3, -0.25) is 9.69 Å². The molecule has 1 saturated heterocycles. The number of rotatable bonds is 5. The Morgan fingerprint density at radius 2 is 1.86 bits per heavy atom. The van der Waals surface area contributed by atoms with Crippen molar-refractivity contribution in [2.75, 3.05) is 46.9 Å². The lowest BCUT2D eigenvalue weighted by atomic mass is 9.96. The van der Waals surface area contributed by atoms with Crippen LogP contribution >= 0.6 is 0 Å². The standard InChI is InChI=1S/C21H31N3O4/c1-22(2)20(26)17-8-11-24(12-9-17)21(27)28-15-19(25)14-23-10-7-16-5-3-4-6-18(16)13-23/h3-6,17,19,25H,7-15H2,1-2H3/t19-/m1/s1. The molecule has 154 valence electrons. The van der Waals surface area contributed by atoms with Crippen molar-refractivity contribution in [3.05, 3.63) is 35.4 Å². The minimum Gasteiger partial charge on any atom is -0.447 e. The van der Waals surface area contributed by atoms with Crippen LogP contribution in [0.1, 0.15) is 24.0 Å². The van der Waals surface area contributed by atoms with E-state index < -0.39 is 12.2 Å². The normalized spacial score (nSPS) is 19.0. The van der Waals surface area contributed by atoms with E-state index in [-0.39, 0.29) is 18.4 Å². The molecule has 2 heterocycles. The zero-order valence-electron chi connectivity index (χ0n) is 16.8. The lowest BCUT2D eigenvalue weighted by Crippen LogP contribution is -2.44. The molecule has 2 aliphatic rings. The third-order valence-electron chi connectivity index (χ3n) is 5.62. The van der Waals surface area contributed by atoms with Gasteiger partial charge < -0.3 is 19.6 Å². The monoisotopic (exact) mass is 389 g/mol. The fraction of sp³-hybridized carbons (Fsp3) is 0.619. The number of carbonyl (C=O) groups excluding carboxylic acids is 2. The number of amides is 2. The quantitative estimate of drug-likeness (QED) is 0.823. The van der Waals surface area contributed by atoms with Crippen molar-refractivity contribution >= 4 is 12.0 Å². The van der Waals surface area contributed by atoms with Crippen LogP contribution in [0.15, 0.2) is 24.3 Å². The van der Waals surface area contributed by atoms with Crippen LogP contribution in [0.2, 0.25) is 0 Å². The highest BCUT2D eigenvalue weighted by atomic mass is 16.6. The van der Waals surface area contributed by atoms with Gasteiger partial charge in [0.05, 0.1) is 0 Å². The van der Waals surface area contributed by atoms with E-state index in [4.69, 9.17) is 4.74 Å². The predicted octanol–water partition coefficient (Wildman–Crippen LogP) is 1.34. The Morgan fingerprint density at radius 1 is 1.18 bits per heavy atom. The van der Waals surface area contributed by atoms with Gasteiger partial charge >= 0.3 is 6.09 Å². The summed E-state index contributed by atoms with van der Waals surface area (Å²) in [5, 5.41) is 10.3. The molecule has 7 nitrogen and oxygen atoms in total. The zero-order valence-corrected chi connectivity index (χ0v) is 16.8. The highest BCUT2D eigenvalue weighted by Crippen LogP contribution is 2.20. The molecule has 0 bridgehead atoms. The summed E-state index contributed by atoms with van der Waals surface area (Å²) in [6.45, 7) is 3.22. The molecular weight excluding hydrogens is 358 g/mol. The molecule has 0 aromatic heterocycles. The fourth-order valence-corrected chi connectivity index (χ4v) is 3.99. The van der Waals surface area contributed by atoms with Gasteiger partial charge in [-0.2, -0.15) is 0 Å². The largest absolute Gasteiger partial charge is 0.447 e. The maximum atomic E-state index is 12.3. The second-order valence-corrected chi connectivity index (χ2v) is 7.98. The maximum Gasteiger partial charge on any atom is 0.409 e. The summed E-state index contributed by atoms with van der Waals surface area (Å²) in [7, 11) is 3.51. The highest BCUT2D eigenvalue weighted by molar-refractivity contribution is 5.78. The summed E-state index contributed by atoms with van der Waals surface area (Å²) in [5.74, 6) is 0.0955. The summed E-state index contributed by atoms with van der Waals surface area (Å²) in [4.78, 5) is 29.7. The summed E-state index contributed by atoms with van der Waals surface area (Å²) in [6, 6.07) is 8.37. The Balaban J connectivity index is 1.38. The van der Waals surface area contributed by atoms with Gasteiger partial charge in [-0.05, 0) is 30.4 Å². The summed E-state index contributed by atoms with van der Waals surface area (Å²) >= 11 is 0. The van der Waals surface area contributed by atoms with Crippen molar-refractivity contribution < 1.29 is 19.4 Å². The third-order valence-corrected chi connectivity index (χ3v) is 5.62. The van der Waals surface area contributed by atoms with Crippen molar-refractivity contribution in [3.8, 4) is 0 Å². The molecule has 0 aliphatic carbocycles. The first-order valence-electron chi connectivity index (χ1n) is 10.0.